The minimum atomic E-state index is -0.276. The van der Waals surface area contributed by atoms with Crippen LogP contribution >= 0.6 is 0 Å². The summed E-state index contributed by atoms with van der Waals surface area (Å²) in [5, 5.41) is 19.4. The maximum Gasteiger partial charge on any atom is 0.319 e. The maximum absolute atomic E-state index is 12.2. The van der Waals surface area contributed by atoms with Crippen molar-refractivity contribution in [2.45, 2.75) is 46.9 Å². The van der Waals surface area contributed by atoms with Crippen molar-refractivity contribution in [1.82, 2.24) is 15.1 Å². The number of carbonyl (C=O) groups excluding carboxylic acids is 1. The molecular weight excluding hydrogens is 304 g/mol. The van der Waals surface area contributed by atoms with Crippen LogP contribution in [0.25, 0.3) is 0 Å². The summed E-state index contributed by atoms with van der Waals surface area (Å²) in [6.45, 7) is 7.48. The van der Waals surface area contributed by atoms with Gasteiger partial charge in [-0.15, -0.1) is 0 Å². The third-order valence-electron chi connectivity index (χ3n) is 3.80. The highest BCUT2D eigenvalue weighted by molar-refractivity contribution is 5.89. The van der Waals surface area contributed by atoms with Crippen molar-refractivity contribution in [2.24, 2.45) is 5.92 Å². The number of nitrogens with zero attached hydrogens (tertiary/aromatic N) is 2. The Morgan fingerprint density at radius 1 is 1.29 bits per heavy atom. The molecule has 0 spiro atoms. The number of rotatable bonds is 7. The molecular formula is C18H26N4O2. The topological polar surface area (TPSA) is 79.2 Å². The van der Waals surface area contributed by atoms with E-state index in [1.807, 2.05) is 28.9 Å². The van der Waals surface area contributed by atoms with Crippen molar-refractivity contribution < 1.29 is 9.90 Å². The molecule has 3 N–H and O–H groups in total. The van der Waals surface area contributed by atoms with Gasteiger partial charge in [0.25, 0.3) is 0 Å². The largest absolute Gasteiger partial charge is 0.392 e. The lowest BCUT2D eigenvalue weighted by molar-refractivity contribution is 0.251. The zero-order valence-corrected chi connectivity index (χ0v) is 14.5. The Balaban J connectivity index is 1.98. The minimum absolute atomic E-state index is 0.0403. The third kappa shape index (κ3) is 4.58. The first-order valence-electron chi connectivity index (χ1n) is 8.32. The lowest BCUT2D eigenvalue weighted by Crippen LogP contribution is -2.29. The summed E-state index contributed by atoms with van der Waals surface area (Å²) in [6, 6.07) is 7.22. The van der Waals surface area contributed by atoms with E-state index in [1.165, 1.54) is 0 Å². The Kier molecular flexibility index (Phi) is 6.37. The first-order valence-corrected chi connectivity index (χ1v) is 8.32. The molecule has 0 unspecified atom stereocenters. The predicted molar refractivity (Wildman–Crippen MR) is 94.7 cm³/mol. The van der Waals surface area contributed by atoms with Gasteiger partial charge in [-0.3, -0.25) is 4.68 Å². The van der Waals surface area contributed by atoms with Crippen molar-refractivity contribution >= 4 is 11.7 Å². The highest BCUT2D eigenvalue weighted by Gasteiger charge is 2.13. The van der Waals surface area contributed by atoms with Gasteiger partial charge in [-0.2, -0.15) is 5.10 Å². The molecule has 1 aromatic heterocycles. The molecule has 0 fully saturated rings. The number of hydrogen-bond acceptors (Lipinski definition) is 3. The quantitative estimate of drug-likeness (QED) is 0.730. The Morgan fingerprint density at radius 3 is 2.62 bits per heavy atom. The van der Waals surface area contributed by atoms with E-state index in [1.54, 1.807) is 6.20 Å². The SMILES string of the molecule is CCc1c(NC(=O)NCc2ccccc2CO)cnn1CC(C)C. The molecule has 2 rings (SSSR count). The van der Waals surface area contributed by atoms with Crippen LogP contribution in [0.1, 0.15) is 37.6 Å². The van der Waals surface area contributed by atoms with Crippen LogP contribution in [-0.4, -0.2) is 20.9 Å². The highest BCUT2D eigenvalue weighted by atomic mass is 16.3. The number of carbonyl (C=O) groups is 1. The molecule has 2 aromatic rings. The number of aliphatic hydroxyl groups excluding tert-OH is 1. The van der Waals surface area contributed by atoms with Crippen LogP contribution in [0.5, 0.6) is 0 Å². The number of nitrogens with one attached hydrogen (secondary N) is 2. The smallest absolute Gasteiger partial charge is 0.319 e. The van der Waals surface area contributed by atoms with Crippen molar-refractivity contribution in [3.05, 3.63) is 47.3 Å². The maximum atomic E-state index is 12.2. The van der Waals surface area contributed by atoms with Gasteiger partial charge < -0.3 is 15.7 Å². The lowest BCUT2D eigenvalue weighted by Gasteiger charge is -2.12. The molecule has 0 saturated heterocycles. The van der Waals surface area contributed by atoms with E-state index in [0.29, 0.717) is 12.5 Å². The molecule has 1 heterocycles. The summed E-state index contributed by atoms with van der Waals surface area (Å²) in [5.41, 5.74) is 3.49. The van der Waals surface area contributed by atoms with Gasteiger partial charge in [0, 0.05) is 13.1 Å². The van der Waals surface area contributed by atoms with Gasteiger partial charge in [-0.05, 0) is 23.5 Å². The zero-order valence-electron chi connectivity index (χ0n) is 14.5. The fourth-order valence-corrected chi connectivity index (χ4v) is 2.62. The average Bonchev–Trinajstić information content (AvgIpc) is 2.93. The van der Waals surface area contributed by atoms with Gasteiger partial charge in [0.2, 0.25) is 0 Å². The zero-order chi connectivity index (χ0) is 17.5. The van der Waals surface area contributed by atoms with Crippen LogP contribution in [0.4, 0.5) is 10.5 Å². The van der Waals surface area contributed by atoms with Crippen LogP contribution in [-0.2, 0) is 26.1 Å². The third-order valence-corrected chi connectivity index (χ3v) is 3.80. The number of amides is 2. The fraction of sp³-hybridized carbons (Fsp3) is 0.444. The standard InChI is InChI=1S/C18H26N4O2/c1-4-17-16(10-20-22(17)11-13(2)3)21-18(24)19-9-14-7-5-6-8-15(14)12-23/h5-8,10,13,23H,4,9,11-12H2,1-3H3,(H2,19,21,24). The van der Waals surface area contributed by atoms with E-state index in [-0.39, 0.29) is 12.6 Å². The Hall–Kier alpha value is -2.34. The van der Waals surface area contributed by atoms with Gasteiger partial charge in [-0.1, -0.05) is 45.0 Å². The van der Waals surface area contributed by atoms with E-state index in [9.17, 15) is 9.90 Å². The van der Waals surface area contributed by atoms with Gasteiger partial charge >= 0.3 is 6.03 Å². The molecule has 6 heteroatoms. The monoisotopic (exact) mass is 330 g/mol. The van der Waals surface area contributed by atoms with Crippen molar-refractivity contribution in [1.29, 1.82) is 0 Å². The highest BCUT2D eigenvalue weighted by Crippen LogP contribution is 2.17. The minimum Gasteiger partial charge on any atom is -0.392 e. The molecule has 0 aliphatic heterocycles. The normalized spacial score (nSPS) is 10.9. The summed E-state index contributed by atoms with van der Waals surface area (Å²) in [4.78, 5) is 12.2. The van der Waals surface area contributed by atoms with E-state index >= 15 is 0 Å². The molecule has 1 aromatic carbocycles. The van der Waals surface area contributed by atoms with Gasteiger partial charge in [0.05, 0.1) is 24.2 Å². The Bertz CT molecular complexity index is 679. The van der Waals surface area contributed by atoms with E-state index in [0.717, 1.165) is 35.5 Å². The number of aliphatic hydroxyl groups is 1. The second kappa shape index (κ2) is 8.49. The van der Waals surface area contributed by atoms with Gasteiger partial charge in [0.1, 0.15) is 0 Å². The average molecular weight is 330 g/mol. The molecule has 0 aliphatic carbocycles. The van der Waals surface area contributed by atoms with Gasteiger partial charge in [0.15, 0.2) is 0 Å². The molecule has 24 heavy (non-hydrogen) atoms. The summed E-state index contributed by atoms with van der Waals surface area (Å²) in [6.07, 6.45) is 2.50. The number of aromatic nitrogens is 2. The van der Waals surface area contributed by atoms with E-state index in [2.05, 4.69) is 36.5 Å². The molecule has 0 atom stereocenters. The van der Waals surface area contributed by atoms with Crippen LogP contribution < -0.4 is 10.6 Å². The van der Waals surface area contributed by atoms with Gasteiger partial charge in [-0.25, -0.2) is 4.79 Å². The first kappa shape index (κ1) is 18.0. The second-order valence-corrected chi connectivity index (χ2v) is 6.17. The number of anilines is 1. The van der Waals surface area contributed by atoms with Crippen LogP contribution in [0.15, 0.2) is 30.5 Å². The summed E-state index contributed by atoms with van der Waals surface area (Å²) < 4.78 is 1.95. The fourth-order valence-electron chi connectivity index (χ4n) is 2.62. The summed E-state index contributed by atoms with van der Waals surface area (Å²) in [7, 11) is 0. The van der Waals surface area contributed by atoms with E-state index < -0.39 is 0 Å². The molecule has 6 nitrogen and oxygen atoms in total. The molecule has 2 amide bonds. The van der Waals surface area contributed by atoms with Crippen molar-refractivity contribution in [3.8, 4) is 0 Å². The Morgan fingerprint density at radius 2 is 2.00 bits per heavy atom. The summed E-state index contributed by atoms with van der Waals surface area (Å²) in [5.74, 6) is 0.492. The van der Waals surface area contributed by atoms with E-state index in [4.69, 9.17) is 0 Å². The molecule has 0 saturated carbocycles. The molecule has 0 radical (unpaired) electrons. The Labute approximate surface area is 142 Å². The van der Waals surface area contributed by atoms with Crippen LogP contribution in [0.3, 0.4) is 0 Å². The number of benzene rings is 1. The second-order valence-electron chi connectivity index (χ2n) is 6.17. The van der Waals surface area contributed by atoms with Crippen molar-refractivity contribution in [3.63, 3.8) is 0 Å². The number of hydrogen-bond donors (Lipinski definition) is 3. The number of urea groups is 1. The molecule has 0 bridgehead atoms. The first-order chi connectivity index (χ1) is 11.5. The van der Waals surface area contributed by atoms with Crippen LogP contribution in [0, 0.1) is 5.92 Å². The molecule has 130 valence electrons. The summed E-state index contributed by atoms with van der Waals surface area (Å²) >= 11 is 0. The van der Waals surface area contributed by atoms with Crippen molar-refractivity contribution in [2.75, 3.05) is 5.32 Å². The van der Waals surface area contributed by atoms with Crippen LogP contribution in [0.2, 0.25) is 0 Å². The lowest BCUT2D eigenvalue weighted by atomic mass is 10.1. The molecule has 0 aliphatic rings. The predicted octanol–water partition coefficient (Wildman–Crippen LogP) is 2.92.